The Morgan fingerprint density at radius 2 is 1.77 bits per heavy atom. The Bertz CT molecular complexity index is 904. The number of imidazole rings is 1. The molecule has 0 atom stereocenters. The highest BCUT2D eigenvalue weighted by Gasteiger charge is 2.18. The summed E-state index contributed by atoms with van der Waals surface area (Å²) in [5.74, 6) is -0.277. The predicted octanol–water partition coefficient (Wildman–Crippen LogP) is 3.52. The molecule has 1 heterocycles. The molecule has 0 unspecified atom stereocenters. The van der Waals surface area contributed by atoms with E-state index in [1.165, 1.54) is 0 Å². The van der Waals surface area contributed by atoms with E-state index in [0.717, 1.165) is 11.3 Å². The molecule has 6 heteroatoms. The maximum atomic E-state index is 12.6. The van der Waals surface area contributed by atoms with E-state index in [-0.39, 0.29) is 30.1 Å². The Morgan fingerprint density at radius 3 is 2.50 bits per heavy atom. The highest BCUT2D eigenvalue weighted by Crippen LogP contribution is 2.28. The fourth-order valence-corrected chi connectivity index (χ4v) is 2.55. The number of ketones is 1. The molecule has 0 saturated carbocycles. The third-order valence-electron chi connectivity index (χ3n) is 3.74. The van der Waals surface area contributed by atoms with E-state index in [1.54, 1.807) is 49.8 Å². The van der Waals surface area contributed by atoms with Gasteiger partial charge in [-0.3, -0.25) is 4.79 Å². The molecule has 2 aromatic carbocycles. The molecule has 26 heavy (non-hydrogen) atoms. The SMILES string of the molecule is CCOC(=O)c1ccccc1C(=O)COc1ccccc1-c1c[nH]cn1. The standard InChI is InChI=1S/C20H18N2O4/c1-2-25-20(24)15-8-4-3-7-14(15)18(23)12-26-19-10-6-5-9-16(19)17-11-21-13-22-17/h3-11,13H,2,12H2,1H3,(H,21,22). The van der Waals surface area contributed by atoms with Gasteiger partial charge in [0, 0.05) is 17.3 Å². The second-order valence-corrected chi connectivity index (χ2v) is 5.43. The van der Waals surface area contributed by atoms with Crippen LogP contribution in [-0.4, -0.2) is 34.9 Å². The summed E-state index contributed by atoms with van der Waals surface area (Å²) < 4.78 is 10.7. The summed E-state index contributed by atoms with van der Waals surface area (Å²) in [4.78, 5) is 31.7. The zero-order chi connectivity index (χ0) is 18.4. The molecule has 0 bridgehead atoms. The number of carbonyl (C=O) groups is 2. The summed E-state index contributed by atoms with van der Waals surface area (Å²) in [5, 5.41) is 0. The van der Waals surface area contributed by atoms with Crippen molar-refractivity contribution in [2.45, 2.75) is 6.92 Å². The van der Waals surface area contributed by atoms with Gasteiger partial charge in [0.15, 0.2) is 6.61 Å². The van der Waals surface area contributed by atoms with Crippen molar-refractivity contribution in [3.63, 3.8) is 0 Å². The van der Waals surface area contributed by atoms with Crippen molar-refractivity contribution in [2.24, 2.45) is 0 Å². The van der Waals surface area contributed by atoms with Gasteiger partial charge in [0.2, 0.25) is 5.78 Å². The number of esters is 1. The minimum absolute atomic E-state index is 0.197. The maximum absolute atomic E-state index is 12.6. The summed E-state index contributed by atoms with van der Waals surface area (Å²) in [5.41, 5.74) is 2.02. The van der Waals surface area contributed by atoms with Crippen LogP contribution in [0.15, 0.2) is 61.1 Å². The Labute approximate surface area is 150 Å². The highest BCUT2D eigenvalue weighted by molar-refractivity contribution is 6.07. The lowest BCUT2D eigenvalue weighted by atomic mass is 10.0. The lowest BCUT2D eigenvalue weighted by Crippen LogP contribution is -2.17. The molecule has 0 amide bonds. The van der Waals surface area contributed by atoms with Crippen LogP contribution < -0.4 is 4.74 Å². The molecule has 0 saturated heterocycles. The largest absolute Gasteiger partial charge is 0.485 e. The van der Waals surface area contributed by atoms with E-state index >= 15 is 0 Å². The van der Waals surface area contributed by atoms with Gasteiger partial charge in [0.1, 0.15) is 5.75 Å². The van der Waals surface area contributed by atoms with E-state index in [2.05, 4.69) is 9.97 Å². The quantitative estimate of drug-likeness (QED) is 0.521. The lowest BCUT2D eigenvalue weighted by molar-refractivity contribution is 0.0522. The van der Waals surface area contributed by atoms with Gasteiger partial charge >= 0.3 is 5.97 Å². The minimum atomic E-state index is -0.520. The lowest BCUT2D eigenvalue weighted by Gasteiger charge is -2.11. The molecule has 3 rings (SSSR count). The number of Topliss-reactive ketones (excluding diaryl/α,β-unsaturated/α-hetero) is 1. The summed E-state index contributed by atoms with van der Waals surface area (Å²) in [6, 6.07) is 13.9. The van der Waals surface area contributed by atoms with Crippen LogP contribution in [0.25, 0.3) is 11.3 Å². The molecule has 0 spiro atoms. The van der Waals surface area contributed by atoms with Gasteiger partial charge in [-0.1, -0.05) is 30.3 Å². The highest BCUT2D eigenvalue weighted by atomic mass is 16.5. The van der Waals surface area contributed by atoms with Crippen molar-refractivity contribution >= 4 is 11.8 Å². The number of hydrogen-bond donors (Lipinski definition) is 1. The molecule has 3 aromatic rings. The molecule has 1 N–H and O–H groups in total. The van der Waals surface area contributed by atoms with E-state index in [4.69, 9.17) is 9.47 Å². The fraction of sp³-hybridized carbons (Fsp3) is 0.150. The van der Waals surface area contributed by atoms with Gasteiger partial charge in [0.05, 0.1) is 24.2 Å². The second kappa shape index (κ2) is 8.11. The predicted molar refractivity (Wildman–Crippen MR) is 96.2 cm³/mol. The van der Waals surface area contributed by atoms with Crippen LogP contribution in [0.4, 0.5) is 0 Å². The Kier molecular flexibility index (Phi) is 5.43. The number of hydrogen-bond acceptors (Lipinski definition) is 5. The molecule has 0 fully saturated rings. The number of carbonyl (C=O) groups excluding carboxylic acids is 2. The first-order valence-corrected chi connectivity index (χ1v) is 8.21. The van der Waals surface area contributed by atoms with Crippen LogP contribution in [0.1, 0.15) is 27.6 Å². The van der Waals surface area contributed by atoms with Gasteiger partial charge in [-0.2, -0.15) is 0 Å². The van der Waals surface area contributed by atoms with Crippen molar-refractivity contribution in [1.29, 1.82) is 0 Å². The van der Waals surface area contributed by atoms with Crippen molar-refractivity contribution in [3.05, 3.63) is 72.2 Å². The van der Waals surface area contributed by atoms with Crippen LogP contribution in [0, 0.1) is 0 Å². The van der Waals surface area contributed by atoms with E-state index in [1.807, 2.05) is 18.2 Å². The average Bonchev–Trinajstić information content (AvgIpc) is 3.21. The Morgan fingerprint density at radius 1 is 1.04 bits per heavy atom. The van der Waals surface area contributed by atoms with E-state index in [9.17, 15) is 9.59 Å². The number of aromatic nitrogens is 2. The van der Waals surface area contributed by atoms with Gasteiger partial charge in [-0.05, 0) is 25.1 Å². The molecule has 0 aliphatic carbocycles. The summed E-state index contributed by atoms with van der Waals surface area (Å²) >= 11 is 0. The number of para-hydroxylation sites is 1. The van der Waals surface area contributed by atoms with Crippen molar-refractivity contribution in [3.8, 4) is 17.0 Å². The number of nitrogens with zero attached hydrogens (tertiary/aromatic N) is 1. The third kappa shape index (κ3) is 3.80. The van der Waals surface area contributed by atoms with E-state index < -0.39 is 5.97 Å². The molecule has 0 radical (unpaired) electrons. The second-order valence-electron chi connectivity index (χ2n) is 5.43. The maximum Gasteiger partial charge on any atom is 0.338 e. The topological polar surface area (TPSA) is 81.3 Å². The number of nitrogens with one attached hydrogen (secondary N) is 1. The zero-order valence-corrected chi connectivity index (χ0v) is 14.3. The normalized spacial score (nSPS) is 10.3. The van der Waals surface area contributed by atoms with Crippen LogP contribution in [0.2, 0.25) is 0 Å². The number of benzene rings is 2. The first-order chi connectivity index (χ1) is 12.7. The smallest absolute Gasteiger partial charge is 0.338 e. The summed E-state index contributed by atoms with van der Waals surface area (Å²) in [7, 11) is 0. The van der Waals surface area contributed by atoms with Crippen LogP contribution in [-0.2, 0) is 4.74 Å². The zero-order valence-electron chi connectivity index (χ0n) is 14.3. The van der Waals surface area contributed by atoms with Gasteiger partial charge in [-0.25, -0.2) is 9.78 Å². The van der Waals surface area contributed by atoms with Gasteiger partial charge < -0.3 is 14.5 Å². The molecule has 1 aromatic heterocycles. The summed E-state index contributed by atoms with van der Waals surface area (Å²) in [6.45, 7) is 1.77. The van der Waals surface area contributed by atoms with E-state index in [0.29, 0.717) is 5.75 Å². The van der Waals surface area contributed by atoms with Crippen molar-refractivity contribution < 1.29 is 19.1 Å². The van der Waals surface area contributed by atoms with Gasteiger partial charge in [0.25, 0.3) is 0 Å². The summed E-state index contributed by atoms with van der Waals surface area (Å²) in [6.07, 6.45) is 3.33. The minimum Gasteiger partial charge on any atom is -0.485 e. The van der Waals surface area contributed by atoms with Crippen LogP contribution in [0.5, 0.6) is 5.75 Å². The molecule has 0 aliphatic rings. The van der Waals surface area contributed by atoms with Gasteiger partial charge in [-0.15, -0.1) is 0 Å². The first kappa shape index (κ1) is 17.4. The number of ether oxygens (including phenoxy) is 2. The number of rotatable bonds is 7. The first-order valence-electron chi connectivity index (χ1n) is 8.21. The average molecular weight is 350 g/mol. The van der Waals surface area contributed by atoms with Crippen molar-refractivity contribution in [2.75, 3.05) is 13.2 Å². The molecular formula is C20H18N2O4. The van der Waals surface area contributed by atoms with Crippen LogP contribution >= 0.6 is 0 Å². The third-order valence-corrected chi connectivity index (χ3v) is 3.74. The molecule has 0 aliphatic heterocycles. The molecule has 6 nitrogen and oxygen atoms in total. The fourth-order valence-electron chi connectivity index (χ4n) is 2.55. The van der Waals surface area contributed by atoms with Crippen LogP contribution in [0.3, 0.4) is 0 Å². The van der Waals surface area contributed by atoms with Crippen molar-refractivity contribution in [1.82, 2.24) is 9.97 Å². The Balaban J connectivity index is 1.78. The number of H-pyrrole nitrogens is 1. The molecular weight excluding hydrogens is 332 g/mol. The number of aromatic amines is 1. The molecule has 132 valence electrons. The monoisotopic (exact) mass is 350 g/mol. The Hall–Kier alpha value is -3.41.